The number of hydrogen-bond acceptors (Lipinski definition) is 0. The molecule has 0 aliphatic heterocycles. The van der Waals surface area contributed by atoms with E-state index in [9.17, 15) is 0 Å². The lowest BCUT2D eigenvalue weighted by Crippen LogP contribution is -2.29. The van der Waals surface area contributed by atoms with Crippen LogP contribution in [0.4, 0.5) is 0 Å². The van der Waals surface area contributed by atoms with Gasteiger partial charge in [0.15, 0.2) is 0 Å². The molecule has 0 heteroatoms. The van der Waals surface area contributed by atoms with E-state index >= 15 is 0 Å². The Balaban J connectivity index is 4.59. The molecule has 1 radical (unpaired) electrons. The minimum atomic E-state index is 0.585. The summed E-state index contributed by atoms with van der Waals surface area (Å²) >= 11 is 0. The van der Waals surface area contributed by atoms with Crippen LogP contribution in [0.5, 0.6) is 0 Å². The normalized spacial score (nSPS) is 12.8. The van der Waals surface area contributed by atoms with Crippen molar-refractivity contribution in [2.45, 2.75) is 79.6 Å². The highest BCUT2D eigenvalue weighted by atomic mass is 14.4. The molecule has 0 fully saturated rings. The smallest absolute Gasteiger partial charge is 0.0272 e. The van der Waals surface area contributed by atoms with Gasteiger partial charge in [0, 0.05) is 0 Å². The predicted octanol–water partition coefficient (Wildman–Crippen LogP) is 5.87. The average Bonchev–Trinajstić information content (AvgIpc) is 2.21. The van der Waals surface area contributed by atoms with E-state index < -0.39 is 0 Å². The highest BCUT2D eigenvalue weighted by Gasteiger charge is 2.32. The molecule has 1 atom stereocenters. The summed E-state index contributed by atoms with van der Waals surface area (Å²) in [5.74, 6) is 1.64. The van der Waals surface area contributed by atoms with Gasteiger partial charge in [-0.25, -0.2) is 0 Å². The van der Waals surface area contributed by atoms with Crippen molar-refractivity contribution in [2.75, 3.05) is 0 Å². The highest BCUT2D eigenvalue weighted by molar-refractivity contribution is 4.83. The molecule has 0 aliphatic rings. The fraction of sp³-hybridized carbons (Fsp3) is 0.938. The molecule has 97 valence electrons. The van der Waals surface area contributed by atoms with Crippen LogP contribution in [0.2, 0.25) is 0 Å². The fourth-order valence-corrected chi connectivity index (χ4v) is 2.96. The highest BCUT2D eigenvalue weighted by Crippen LogP contribution is 2.43. The van der Waals surface area contributed by atoms with E-state index in [-0.39, 0.29) is 0 Å². The minimum Gasteiger partial charge on any atom is -0.0654 e. The molecule has 0 N–H and O–H groups in total. The number of unbranched alkanes of at least 4 members (excludes halogenated alkanes) is 2. The zero-order chi connectivity index (χ0) is 12.6. The third kappa shape index (κ3) is 5.37. The summed E-state index contributed by atoms with van der Waals surface area (Å²) in [7, 11) is 0. The van der Waals surface area contributed by atoms with Crippen molar-refractivity contribution in [1.29, 1.82) is 0 Å². The maximum Gasteiger partial charge on any atom is -0.0272 e. The van der Waals surface area contributed by atoms with E-state index in [0.29, 0.717) is 5.41 Å². The van der Waals surface area contributed by atoms with Crippen molar-refractivity contribution in [3.8, 4) is 0 Å². The molecule has 0 aromatic carbocycles. The van der Waals surface area contributed by atoms with Gasteiger partial charge in [0.25, 0.3) is 0 Å². The topological polar surface area (TPSA) is 0 Å². The van der Waals surface area contributed by atoms with Crippen LogP contribution in [0.3, 0.4) is 0 Å². The Morgan fingerprint density at radius 3 is 1.94 bits per heavy atom. The number of rotatable bonds is 9. The Morgan fingerprint density at radius 2 is 1.56 bits per heavy atom. The SMILES string of the molecule is [CH2]CCCC(CCCC)(CC(C)C)C(C)C. The first-order valence-electron chi connectivity index (χ1n) is 7.27. The van der Waals surface area contributed by atoms with E-state index in [2.05, 4.69) is 41.5 Å². The van der Waals surface area contributed by atoms with E-state index in [1.807, 2.05) is 0 Å². The van der Waals surface area contributed by atoms with Crippen molar-refractivity contribution < 1.29 is 0 Å². The van der Waals surface area contributed by atoms with Gasteiger partial charge in [-0.1, -0.05) is 67.2 Å². The molecule has 0 saturated carbocycles. The second kappa shape index (κ2) is 8.14. The Morgan fingerprint density at radius 1 is 1.00 bits per heavy atom. The molecular weight excluding hydrogens is 192 g/mol. The molecule has 1 unspecified atom stereocenters. The zero-order valence-electron chi connectivity index (χ0n) is 12.3. The van der Waals surface area contributed by atoms with E-state index in [1.54, 1.807) is 0 Å². The second-order valence-corrected chi connectivity index (χ2v) is 6.18. The summed E-state index contributed by atoms with van der Waals surface area (Å²) in [6.45, 7) is 15.9. The van der Waals surface area contributed by atoms with E-state index in [0.717, 1.165) is 18.3 Å². The van der Waals surface area contributed by atoms with E-state index in [1.165, 1.54) is 38.5 Å². The molecule has 0 aromatic rings. The van der Waals surface area contributed by atoms with Crippen LogP contribution < -0.4 is 0 Å². The Bertz CT molecular complexity index is 147. The van der Waals surface area contributed by atoms with Crippen LogP contribution in [-0.4, -0.2) is 0 Å². The summed E-state index contributed by atoms with van der Waals surface area (Å²) in [5.41, 5.74) is 0.585. The van der Waals surface area contributed by atoms with Crippen LogP contribution in [-0.2, 0) is 0 Å². The van der Waals surface area contributed by atoms with Gasteiger partial charge < -0.3 is 0 Å². The third-order valence-corrected chi connectivity index (χ3v) is 3.99. The van der Waals surface area contributed by atoms with Gasteiger partial charge in [0.1, 0.15) is 0 Å². The quantitative estimate of drug-likeness (QED) is 0.460. The summed E-state index contributed by atoms with van der Waals surface area (Å²) < 4.78 is 0. The Kier molecular flexibility index (Phi) is 8.14. The van der Waals surface area contributed by atoms with Gasteiger partial charge in [-0.2, -0.15) is 0 Å². The molecule has 0 aromatic heterocycles. The first-order chi connectivity index (χ1) is 7.48. The first-order valence-corrected chi connectivity index (χ1v) is 7.27. The Hall–Kier alpha value is 0. The number of hydrogen-bond donors (Lipinski definition) is 0. The van der Waals surface area contributed by atoms with Gasteiger partial charge in [-0.05, 0) is 36.5 Å². The third-order valence-electron chi connectivity index (χ3n) is 3.99. The lowest BCUT2D eigenvalue weighted by molar-refractivity contribution is 0.111. The predicted molar refractivity (Wildman–Crippen MR) is 75.5 cm³/mol. The van der Waals surface area contributed by atoms with Crippen LogP contribution in [0, 0.1) is 24.2 Å². The lowest BCUT2D eigenvalue weighted by Gasteiger charge is -2.40. The lowest BCUT2D eigenvalue weighted by atomic mass is 9.66. The maximum absolute atomic E-state index is 4.01. The van der Waals surface area contributed by atoms with Gasteiger partial charge >= 0.3 is 0 Å². The maximum atomic E-state index is 4.01. The van der Waals surface area contributed by atoms with Crippen molar-refractivity contribution in [3.05, 3.63) is 6.92 Å². The minimum absolute atomic E-state index is 0.585. The second-order valence-electron chi connectivity index (χ2n) is 6.18. The van der Waals surface area contributed by atoms with Gasteiger partial charge in [-0.3, -0.25) is 0 Å². The van der Waals surface area contributed by atoms with Gasteiger partial charge in [-0.15, -0.1) is 0 Å². The molecule has 0 rings (SSSR count). The molecule has 0 spiro atoms. The molecule has 0 saturated heterocycles. The standard InChI is InChI=1S/C16H33/c1-7-9-11-16(15(5)6,12-10-8-2)13-14(3)4/h14-15H,1,7-13H2,2-6H3. The van der Waals surface area contributed by atoms with E-state index in [4.69, 9.17) is 0 Å². The van der Waals surface area contributed by atoms with Crippen molar-refractivity contribution in [1.82, 2.24) is 0 Å². The summed E-state index contributed by atoms with van der Waals surface area (Å²) in [5, 5.41) is 0. The molecule has 0 heterocycles. The molecule has 0 nitrogen and oxygen atoms in total. The molecule has 16 heavy (non-hydrogen) atoms. The van der Waals surface area contributed by atoms with Crippen molar-refractivity contribution in [3.63, 3.8) is 0 Å². The summed E-state index contributed by atoms with van der Waals surface area (Å²) in [6.07, 6.45) is 9.31. The van der Waals surface area contributed by atoms with Gasteiger partial charge in [0.05, 0.1) is 0 Å². The van der Waals surface area contributed by atoms with Crippen molar-refractivity contribution >= 4 is 0 Å². The van der Waals surface area contributed by atoms with Gasteiger partial charge in [0.2, 0.25) is 0 Å². The summed E-state index contributed by atoms with van der Waals surface area (Å²) in [6, 6.07) is 0. The zero-order valence-corrected chi connectivity index (χ0v) is 12.3. The molecule has 0 bridgehead atoms. The van der Waals surface area contributed by atoms with Crippen LogP contribution >= 0.6 is 0 Å². The largest absolute Gasteiger partial charge is 0.0654 e. The molecule has 0 aliphatic carbocycles. The van der Waals surface area contributed by atoms with Crippen LogP contribution in [0.1, 0.15) is 79.6 Å². The summed E-state index contributed by atoms with van der Waals surface area (Å²) in [4.78, 5) is 0. The Labute approximate surface area is 104 Å². The monoisotopic (exact) mass is 225 g/mol. The van der Waals surface area contributed by atoms with Crippen molar-refractivity contribution in [2.24, 2.45) is 17.3 Å². The van der Waals surface area contributed by atoms with Crippen LogP contribution in [0.15, 0.2) is 0 Å². The molecule has 0 amide bonds. The average molecular weight is 225 g/mol. The first kappa shape index (κ1) is 16.0. The molecular formula is C16H33. The van der Waals surface area contributed by atoms with Crippen LogP contribution in [0.25, 0.3) is 0 Å². The fourth-order valence-electron chi connectivity index (χ4n) is 2.96.